The molecular weight excluding hydrogens is 344 g/mol. The first-order chi connectivity index (χ1) is 10.7. The molecule has 3 aromatic heterocycles. The minimum absolute atomic E-state index is 0.587. The molecule has 0 fully saturated rings. The molecule has 4 heteroatoms. The molecule has 0 aromatic carbocycles. The van der Waals surface area contributed by atoms with Crippen molar-refractivity contribution in [2.45, 2.75) is 25.0 Å². The summed E-state index contributed by atoms with van der Waals surface area (Å²) >= 11 is 5.77. The van der Waals surface area contributed by atoms with Crippen LogP contribution >= 0.6 is 44.0 Å². The van der Waals surface area contributed by atoms with Gasteiger partial charge in [-0.2, -0.15) is 0 Å². The Hall–Kier alpha value is -0.550. The van der Waals surface area contributed by atoms with E-state index < -0.39 is 10.0 Å². The first-order valence-corrected chi connectivity index (χ1v) is 12.4. The molecule has 0 aliphatic heterocycles. The van der Waals surface area contributed by atoms with Gasteiger partial charge in [0.2, 0.25) is 0 Å². The van der Waals surface area contributed by atoms with Crippen LogP contribution in [0.1, 0.15) is 20.8 Å². The fourth-order valence-corrected chi connectivity index (χ4v) is 9.89. The highest BCUT2D eigenvalue weighted by molar-refractivity contribution is 8.34. The standard InChI is InChI=1S/C18H22S4/c1-4-22(5-2,6-3)18-12-11-17(21-18)16-10-9-15(20-16)14-8-7-13-19-14/h7-13H,4-6H2,1-3H3. The van der Waals surface area contributed by atoms with Gasteiger partial charge in [0.05, 0.1) is 0 Å². The van der Waals surface area contributed by atoms with Crippen molar-refractivity contribution >= 4 is 44.0 Å². The summed E-state index contributed by atoms with van der Waals surface area (Å²) in [6.07, 6.45) is 0. The third kappa shape index (κ3) is 2.94. The minimum atomic E-state index is -0.587. The Morgan fingerprint density at radius 1 is 0.727 bits per heavy atom. The molecule has 118 valence electrons. The van der Waals surface area contributed by atoms with Crippen molar-refractivity contribution < 1.29 is 0 Å². The average molecular weight is 367 g/mol. The summed E-state index contributed by atoms with van der Waals surface area (Å²) in [5.41, 5.74) is 0. The Morgan fingerprint density at radius 3 is 1.91 bits per heavy atom. The second kappa shape index (κ2) is 6.91. The normalized spacial score (nSPS) is 12.7. The van der Waals surface area contributed by atoms with Crippen molar-refractivity contribution in [3.63, 3.8) is 0 Å². The highest BCUT2D eigenvalue weighted by Crippen LogP contribution is 2.58. The van der Waals surface area contributed by atoms with Crippen LogP contribution in [0.2, 0.25) is 0 Å². The van der Waals surface area contributed by atoms with Crippen LogP contribution in [-0.2, 0) is 0 Å². The van der Waals surface area contributed by atoms with Gasteiger partial charge in [-0.15, -0.1) is 34.0 Å². The van der Waals surface area contributed by atoms with E-state index in [1.165, 1.54) is 36.8 Å². The summed E-state index contributed by atoms with van der Waals surface area (Å²) < 4.78 is 1.64. The van der Waals surface area contributed by atoms with E-state index in [0.29, 0.717) is 0 Å². The van der Waals surface area contributed by atoms with E-state index in [0.717, 1.165) is 0 Å². The van der Waals surface area contributed by atoms with Crippen LogP contribution in [0.15, 0.2) is 46.0 Å². The van der Waals surface area contributed by atoms with E-state index in [9.17, 15) is 0 Å². The molecule has 0 saturated heterocycles. The topological polar surface area (TPSA) is 0 Å². The van der Waals surface area contributed by atoms with E-state index >= 15 is 0 Å². The number of hydrogen-bond acceptors (Lipinski definition) is 3. The van der Waals surface area contributed by atoms with Gasteiger partial charge in [0, 0.05) is 23.7 Å². The average Bonchev–Trinajstić information content (AvgIpc) is 3.29. The highest BCUT2D eigenvalue weighted by atomic mass is 32.3. The van der Waals surface area contributed by atoms with Crippen LogP contribution in [0.5, 0.6) is 0 Å². The van der Waals surface area contributed by atoms with Crippen molar-refractivity contribution in [3.8, 4) is 19.5 Å². The van der Waals surface area contributed by atoms with Crippen molar-refractivity contribution in [2.75, 3.05) is 17.3 Å². The number of rotatable bonds is 6. The Morgan fingerprint density at radius 2 is 1.32 bits per heavy atom. The number of thiophene rings is 3. The molecule has 22 heavy (non-hydrogen) atoms. The zero-order valence-corrected chi connectivity index (χ0v) is 16.6. The molecule has 0 radical (unpaired) electrons. The molecule has 0 saturated carbocycles. The maximum atomic E-state index is 2.40. The largest absolute Gasteiger partial charge is 0.206 e. The summed E-state index contributed by atoms with van der Waals surface area (Å²) in [6.45, 7) is 7.09. The van der Waals surface area contributed by atoms with Gasteiger partial charge in [-0.25, -0.2) is 10.0 Å². The Balaban J connectivity index is 1.91. The van der Waals surface area contributed by atoms with Crippen LogP contribution in [0.3, 0.4) is 0 Å². The fourth-order valence-electron chi connectivity index (χ4n) is 2.75. The summed E-state index contributed by atoms with van der Waals surface area (Å²) in [5, 5.41) is 2.15. The summed E-state index contributed by atoms with van der Waals surface area (Å²) in [7, 11) is -0.587. The molecule has 0 atom stereocenters. The van der Waals surface area contributed by atoms with Crippen LogP contribution in [0, 0.1) is 0 Å². The van der Waals surface area contributed by atoms with Gasteiger partial charge in [0.1, 0.15) is 0 Å². The van der Waals surface area contributed by atoms with Gasteiger partial charge in [-0.3, -0.25) is 0 Å². The van der Waals surface area contributed by atoms with Gasteiger partial charge >= 0.3 is 0 Å². The zero-order chi connectivity index (χ0) is 15.6. The lowest BCUT2D eigenvalue weighted by atomic mass is 10.3. The molecule has 0 unspecified atom stereocenters. The van der Waals surface area contributed by atoms with Crippen LogP contribution < -0.4 is 0 Å². The fraction of sp³-hybridized carbons (Fsp3) is 0.333. The SMILES string of the molecule is CCS(CC)(CC)c1ccc(-c2ccc(-c3cccs3)s2)s1. The molecule has 0 aliphatic rings. The highest BCUT2D eigenvalue weighted by Gasteiger charge is 2.22. The molecule has 0 spiro atoms. The minimum Gasteiger partial charge on any atom is -0.206 e. The van der Waals surface area contributed by atoms with Crippen LogP contribution in [0.4, 0.5) is 0 Å². The Kier molecular flexibility index (Phi) is 5.13. The summed E-state index contributed by atoms with van der Waals surface area (Å²) in [6, 6.07) is 13.6. The van der Waals surface area contributed by atoms with Crippen molar-refractivity contribution in [3.05, 3.63) is 41.8 Å². The van der Waals surface area contributed by atoms with Gasteiger partial charge in [-0.05, 0) is 53.0 Å². The molecule has 3 aromatic rings. The molecule has 3 heterocycles. The second-order valence-corrected chi connectivity index (χ2v) is 12.8. The van der Waals surface area contributed by atoms with Crippen LogP contribution in [0.25, 0.3) is 19.5 Å². The van der Waals surface area contributed by atoms with Crippen molar-refractivity contribution in [1.82, 2.24) is 0 Å². The third-order valence-electron chi connectivity index (χ3n) is 4.28. The molecule has 0 aliphatic carbocycles. The first-order valence-electron chi connectivity index (χ1n) is 7.72. The lowest BCUT2D eigenvalue weighted by Gasteiger charge is -2.36. The zero-order valence-electron chi connectivity index (χ0n) is 13.3. The predicted octanol–water partition coefficient (Wildman–Crippen LogP) is 7.43. The van der Waals surface area contributed by atoms with Crippen LogP contribution in [-0.4, -0.2) is 17.3 Å². The lowest BCUT2D eigenvalue weighted by molar-refractivity contribution is 1.32. The maximum Gasteiger partial charge on any atom is 0.0454 e. The summed E-state index contributed by atoms with van der Waals surface area (Å²) in [4.78, 5) is 5.62. The van der Waals surface area contributed by atoms with E-state index in [1.54, 1.807) is 4.21 Å². The van der Waals surface area contributed by atoms with Gasteiger partial charge in [0.25, 0.3) is 0 Å². The van der Waals surface area contributed by atoms with E-state index in [2.05, 4.69) is 62.5 Å². The molecule has 0 bridgehead atoms. The first kappa shape index (κ1) is 16.3. The monoisotopic (exact) mass is 366 g/mol. The smallest absolute Gasteiger partial charge is 0.0454 e. The molecule has 0 amide bonds. The Bertz CT molecular complexity index is 706. The van der Waals surface area contributed by atoms with Crippen molar-refractivity contribution in [1.29, 1.82) is 0 Å². The number of hydrogen-bond donors (Lipinski definition) is 0. The second-order valence-electron chi connectivity index (χ2n) is 5.17. The van der Waals surface area contributed by atoms with E-state index in [4.69, 9.17) is 0 Å². The third-order valence-corrected chi connectivity index (χ3v) is 13.1. The maximum absolute atomic E-state index is 2.40. The quantitative estimate of drug-likeness (QED) is 0.425. The lowest BCUT2D eigenvalue weighted by Crippen LogP contribution is -2.07. The molecule has 0 N–H and O–H groups in total. The van der Waals surface area contributed by atoms with Crippen molar-refractivity contribution in [2.24, 2.45) is 0 Å². The predicted molar refractivity (Wildman–Crippen MR) is 108 cm³/mol. The molecule has 0 nitrogen and oxygen atoms in total. The summed E-state index contributed by atoms with van der Waals surface area (Å²) in [5.74, 6) is 3.93. The molecule has 3 rings (SSSR count). The Labute approximate surface area is 147 Å². The van der Waals surface area contributed by atoms with E-state index in [-0.39, 0.29) is 0 Å². The van der Waals surface area contributed by atoms with E-state index in [1.807, 2.05) is 34.0 Å². The van der Waals surface area contributed by atoms with Gasteiger partial charge in [0.15, 0.2) is 0 Å². The molecular formula is C18H22S4. The van der Waals surface area contributed by atoms with Gasteiger partial charge in [-0.1, -0.05) is 26.8 Å². The van der Waals surface area contributed by atoms with Gasteiger partial charge < -0.3 is 0 Å².